The van der Waals surface area contributed by atoms with Gasteiger partial charge in [-0.25, -0.2) is 0 Å². The molecule has 0 saturated heterocycles. The van der Waals surface area contributed by atoms with Crippen LogP contribution in [0.15, 0.2) is 30.3 Å². The van der Waals surface area contributed by atoms with Crippen LogP contribution in [0.1, 0.15) is 39.0 Å². The smallest absolute Gasteiger partial charge is 0.269 e. The van der Waals surface area contributed by atoms with Gasteiger partial charge in [-0.2, -0.15) is 5.10 Å². The lowest BCUT2D eigenvalue weighted by Gasteiger charge is -2.07. The van der Waals surface area contributed by atoms with E-state index in [0.717, 1.165) is 11.3 Å². The third-order valence-electron chi connectivity index (χ3n) is 3.24. The quantitative estimate of drug-likeness (QED) is 0.876. The number of hydrogen-bond acceptors (Lipinski definition) is 3. The molecule has 1 heterocycles. The number of rotatable bonds is 5. The minimum Gasteiger partial charge on any atom is -0.352 e. The molecule has 0 radical (unpaired) electrons. The Hall–Kier alpha value is -2.63. The zero-order chi connectivity index (χ0) is 16.1. The van der Waals surface area contributed by atoms with Crippen molar-refractivity contribution in [3.63, 3.8) is 0 Å². The highest BCUT2D eigenvalue weighted by atomic mass is 16.2. The molecule has 0 unspecified atom stereocenters. The summed E-state index contributed by atoms with van der Waals surface area (Å²) >= 11 is 0. The average Bonchev–Trinajstić information content (AvgIpc) is 2.84. The molecule has 0 spiro atoms. The molecule has 1 aromatic carbocycles. The number of aromatic nitrogens is 2. The number of aryl methyl sites for hydroxylation is 2. The molecular formula is C16H20N4O2. The summed E-state index contributed by atoms with van der Waals surface area (Å²) < 4.78 is 1.56. The Morgan fingerprint density at radius 1 is 1.14 bits per heavy atom. The van der Waals surface area contributed by atoms with E-state index in [-0.39, 0.29) is 11.8 Å². The van der Waals surface area contributed by atoms with Crippen molar-refractivity contribution in [2.45, 2.75) is 20.4 Å². The van der Waals surface area contributed by atoms with Gasteiger partial charge >= 0.3 is 0 Å². The Morgan fingerprint density at radius 2 is 1.82 bits per heavy atom. The van der Waals surface area contributed by atoms with E-state index in [9.17, 15) is 9.59 Å². The molecule has 0 aliphatic heterocycles. The normalized spacial score (nSPS) is 10.3. The van der Waals surface area contributed by atoms with Gasteiger partial charge in [-0.1, -0.05) is 12.1 Å². The van der Waals surface area contributed by atoms with Gasteiger partial charge in [0.05, 0.1) is 5.69 Å². The molecule has 6 nitrogen and oxygen atoms in total. The first-order valence-electron chi connectivity index (χ1n) is 7.17. The lowest BCUT2D eigenvalue weighted by molar-refractivity contribution is 0.0937. The van der Waals surface area contributed by atoms with E-state index in [1.165, 1.54) is 0 Å². The predicted molar refractivity (Wildman–Crippen MR) is 83.6 cm³/mol. The Labute approximate surface area is 129 Å². The molecule has 1 aromatic heterocycles. The highest BCUT2D eigenvalue weighted by Gasteiger charge is 2.11. The van der Waals surface area contributed by atoms with Crippen LogP contribution >= 0.6 is 0 Å². The minimum atomic E-state index is -0.170. The summed E-state index contributed by atoms with van der Waals surface area (Å²) in [6.07, 6.45) is 0. The molecule has 0 fully saturated rings. The number of hydrogen-bond donors (Lipinski definition) is 2. The second-order valence-corrected chi connectivity index (χ2v) is 5.03. The predicted octanol–water partition coefficient (Wildman–Crippen LogP) is 1.41. The van der Waals surface area contributed by atoms with E-state index in [1.54, 1.807) is 29.9 Å². The molecule has 0 atom stereocenters. The Kier molecular flexibility index (Phi) is 4.93. The fraction of sp³-hybridized carbons (Fsp3) is 0.312. The van der Waals surface area contributed by atoms with Crippen LogP contribution in [0.25, 0.3) is 0 Å². The molecule has 2 aromatic rings. The largest absolute Gasteiger partial charge is 0.352 e. The standard InChI is InChI=1S/C16H20N4O2/c1-4-17-15(21)13-7-5-12(6-8-13)10-18-16(22)14-9-11(2)19-20(14)3/h5-9H,4,10H2,1-3H3,(H,17,21)(H,18,22). The zero-order valence-corrected chi connectivity index (χ0v) is 13.0. The number of nitrogens with zero attached hydrogens (tertiary/aromatic N) is 2. The summed E-state index contributed by atoms with van der Waals surface area (Å²) in [5.74, 6) is -0.264. The Balaban J connectivity index is 1.96. The van der Waals surface area contributed by atoms with Crippen LogP contribution < -0.4 is 10.6 Å². The molecule has 2 rings (SSSR count). The van der Waals surface area contributed by atoms with E-state index in [0.29, 0.717) is 24.3 Å². The monoisotopic (exact) mass is 300 g/mol. The highest BCUT2D eigenvalue weighted by Crippen LogP contribution is 2.06. The molecule has 0 bridgehead atoms. The van der Waals surface area contributed by atoms with E-state index in [1.807, 2.05) is 26.0 Å². The maximum absolute atomic E-state index is 12.1. The van der Waals surface area contributed by atoms with Crippen LogP contribution in [-0.4, -0.2) is 28.1 Å². The number of nitrogens with one attached hydrogen (secondary N) is 2. The minimum absolute atomic E-state index is 0.0940. The first-order valence-corrected chi connectivity index (χ1v) is 7.17. The maximum Gasteiger partial charge on any atom is 0.269 e. The van der Waals surface area contributed by atoms with Gasteiger partial charge in [-0.3, -0.25) is 14.3 Å². The number of benzene rings is 1. The molecule has 6 heteroatoms. The second kappa shape index (κ2) is 6.89. The highest BCUT2D eigenvalue weighted by molar-refractivity contribution is 5.94. The van der Waals surface area contributed by atoms with Crippen LogP contribution in [0.2, 0.25) is 0 Å². The van der Waals surface area contributed by atoms with Crippen LogP contribution in [0.3, 0.4) is 0 Å². The van der Waals surface area contributed by atoms with Crippen LogP contribution in [0.5, 0.6) is 0 Å². The van der Waals surface area contributed by atoms with Gasteiger partial charge in [0.25, 0.3) is 11.8 Å². The summed E-state index contributed by atoms with van der Waals surface area (Å²) in [6, 6.07) is 8.91. The van der Waals surface area contributed by atoms with Crippen molar-refractivity contribution >= 4 is 11.8 Å². The van der Waals surface area contributed by atoms with E-state index in [2.05, 4.69) is 15.7 Å². The topological polar surface area (TPSA) is 76.0 Å². The van der Waals surface area contributed by atoms with Gasteiger partial charge in [-0.05, 0) is 37.6 Å². The third kappa shape index (κ3) is 3.72. The van der Waals surface area contributed by atoms with Crippen molar-refractivity contribution in [2.24, 2.45) is 7.05 Å². The number of amides is 2. The third-order valence-corrected chi connectivity index (χ3v) is 3.24. The zero-order valence-electron chi connectivity index (χ0n) is 13.0. The molecule has 116 valence electrons. The van der Waals surface area contributed by atoms with Crippen molar-refractivity contribution in [3.05, 3.63) is 52.8 Å². The number of carbonyl (C=O) groups excluding carboxylic acids is 2. The molecule has 2 N–H and O–H groups in total. The maximum atomic E-state index is 12.1. The summed E-state index contributed by atoms with van der Waals surface area (Å²) in [6.45, 7) is 4.72. The lowest BCUT2D eigenvalue weighted by atomic mass is 10.1. The van der Waals surface area contributed by atoms with Crippen molar-refractivity contribution in [3.8, 4) is 0 Å². The van der Waals surface area contributed by atoms with E-state index in [4.69, 9.17) is 0 Å². The SMILES string of the molecule is CCNC(=O)c1ccc(CNC(=O)c2cc(C)nn2C)cc1. The second-order valence-electron chi connectivity index (χ2n) is 5.03. The first-order chi connectivity index (χ1) is 10.5. The average molecular weight is 300 g/mol. The van der Waals surface area contributed by atoms with Gasteiger partial charge in [0, 0.05) is 25.7 Å². The van der Waals surface area contributed by atoms with Crippen molar-refractivity contribution in [1.29, 1.82) is 0 Å². The fourth-order valence-electron chi connectivity index (χ4n) is 2.13. The van der Waals surface area contributed by atoms with Crippen molar-refractivity contribution < 1.29 is 9.59 Å². The van der Waals surface area contributed by atoms with E-state index < -0.39 is 0 Å². The van der Waals surface area contributed by atoms with E-state index >= 15 is 0 Å². The van der Waals surface area contributed by atoms with Crippen LogP contribution in [0.4, 0.5) is 0 Å². The fourth-order valence-corrected chi connectivity index (χ4v) is 2.13. The van der Waals surface area contributed by atoms with Crippen LogP contribution in [0, 0.1) is 6.92 Å². The molecule has 2 amide bonds. The Bertz CT molecular complexity index is 674. The molecule has 22 heavy (non-hydrogen) atoms. The summed E-state index contributed by atoms with van der Waals surface area (Å²) in [5.41, 5.74) is 2.87. The van der Waals surface area contributed by atoms with Gasteiger partial charge < -0.3 is 10.6 Å². The van der Waals surface area contributed by atoms with Gasteiger partial charge in [-0.15, -0.1) is 0 Å². The molecule has 0 aliphatic carbocycles. The first kappa shape index (κ1) is 15.8. The van der Waals surface area contributed by atoms with Crippen LogP contribution in [-0.2, 0) is 13.6 Å². The summed E-state index contributed by atoms with van der Waals surface area (Å²) in [4.78, 5) is 23.7. The Morgan fingerprint density at radius 3 is 2.36 bits per heavy atom. The summed E-state index contributed by atoms with van der Waals surface area (Å²) in [7, 11) is 1.74. The lowest BCUT2D eigenvalue weighted by Crippen LogP contribution is -2.25. The van der Waals surface area contributed by atoms with Crippen molar-refractivity contribution in [2.75, 3.05) is 6.54 Å². The van der Waals surface area contributed by atoms with Gasteiger partial charge in [0.2, 0.25) is 0 Å². The molecule has 0 aliphatic rings. The van der Waals surface area contributed by atoms with Crippen molar-refractivity contribution in [1.82, 2.24) is 20.4 Å². The number of carbonyl (C=O) groups is 2. The molecule has 0 saturated carbocycles. The van der Waals surface area contributed by atoms with Gasteiger partial charge in [0.15, 0.2) is 0 Å². The summed E-state index contributed by atoms with van der Waals surface area (Å²) in [5, 5.41) is 9.73. The molecular weight excluding hydrogens is 280 g/mol. The van der Waals surface area contributed by atoms with Gasteiger partial charge in [0.1, 0.15) is 5.69 Å².